The number of nitrogens with zero attached hydrogens (tertiary/aromatic N) is 1. The third-order valence-electron chi connectivity index (χ3n) is 0.960. The van der Waals surface area contributed by atoms with Crippen molar-refractivity contribution in [2.75, 3.05) is 20.7 Å². The van der Waals surface area contributed by atoms with Crippen LogP contribution in [0.5, 0.6) is 0 Å². The molecule has 0 bridgehead atoms. The zero-order chi connectivity index (χ0) is 7.98. The fraction of sp³-hybridized carbons (Fsp3) is 0.857. The van der Waals surface area contributed by atoms with E-state index in [1.807, 2.05) is 25.6 Å². The monoisotopic (exact) mass is 164 g/mol. The van der Waals surface area contributed by atoms with Crippen LogP contribution in [0.4, 0.5) is 0 Å². The average Bonchev–Trinajstić information content (AvgIpc) is 1.79. The maximum absolute atomic E-state index is 5.54. The van der Waals surface area contributed by atoms with Crippen molar-refractivity contribution in [1.82, 2.24) is 0 Å². The smallest absolute Gasteiger partial charge is 0.141 e. The summed E-state index contributed by atoms with van der Waals surface area (Å²) in [6.45, 7) is 2.51. The predicted octanol–water partition coefficient (Wildman–Crippen LogP) is 1.32. The number of hydrogen-bond acceptors (Lipinski definition) is 1. The Morgan fingerprint density at radius 1 is 1.60 bits per heavy atom. The van der Waals surface area contributed by atoms with Gasteiger partial charge in [-0.1, -0.05) is 11.6 Å². The van der Waals surface area contributed by atoms with E-state index in [0.717, 1.165) is 6.42 Å². The minimum absolute atomic E-state index is 0.171. The Bertz CT molecular complexity index is 108. The van der Waals surface area contributed by atoms with E-state index in [1.54, 1.807) is 0 Å². The van der Waals surface area contributed by atoms with Crippen molar-refractivity contribution in [2.24, 2.45) is 0 Å². The Morgan fingerprint density at radius 2 is 2.20 bits per heavy atom. The lowest BCUT2D eigenvalue weighted by Crippen LogP contribution is -2.05. The standard InChI is InChI=1S/C7H15ClNO/c1-7(8)10-6-4-5-9(2)3/h5,7H,4,6H2,1-3H3/q+1. The molecule has 3 heteroatoms. The molecule has 0 saturated carbocycles. The summed E-state index contributed by atoms with van der Waals surface area (Å²) in [5, 5.41) is 0. The van der Waals surface area contributed by atoms with E-state index in [9.17, 15) is 0 Å². The molecule has 0 aromatic carbocycles. The summed E-state index contributed by atoms with van der Waals surface area (Å²) in [6.07, 6.45) is 2.98. The fourth-order valence-corrected chi connectivity index (χ4v) is 0.630. The van der Waals surface area contributed by atoms with Gasteiger partial charge in [0.1, 0.15) is 25.9 Å². The second kappa shape index (κ2) is 5.69. The Balaban J connectivity index is 3.13. The number of rotatable bonds is 4. The van der Waals surface area contributed by atoms with E-state index in [-0.39, 0.29) is 5.56 Å². The molecule has 60 valence electrons. The highest BCUT2D eigenvalue weighted by Crippen LogP contribution is 1.94. The summed E-state index contributed by atoms with van der Waals surface area (Å²) in [7, 11) is 3.98. The summed E-state index contributed by atoms with van der Waals surface area (Å²) in [4.78, 5) is 0. The third kappa shape index (κ3) is 7.92. The molecule has 2 nitrogen and oxygen atoms in total. The number of alkyl halides is 1. The summed E-state index contributed by atoms with van der Waals surface area (Å²) in [6, 6.07) is 0. The number of hydrogen-bond donors (Lipinski definition) is 0. The molecule has 0 N–H and O–H groups in total. The quantitative estimate of drug-likeness (QED) is 0.264. The minimum atomic E-state index is -0.171. The van der Waals surface area contributed by atoms with Gasteiger partial charge in [-0.15, -0.1) is 0 Å². The van der Waals surface area contributed by atoms with Crippen LogP contribution in [0.3, 0.4) is 0 Å². The second-order valence-corrected chi connectivity index (χ2v) is 2.96. The molecule has 0 aliphatic carbocycles. The van der Waals surface area contributed by atoms with Gasteiger partial charge < -0.3 is 4.74 Å². The Hall–Kier alpha value is -0.0800. The van der Waals surface area contributed by atoms with E-state index in [2.05, 4.69) is 6.21 Å². The van der Waals surface area contributed by atoms with Crippen molar-refractivity contribution in [1.29, 1.82) is 0 Å². The van der Waals surface area contributed by atoms with Crippen molar-refractivity contribution in [3.63, 3.8) is 0 Å². The molecule has 0 amide bonds. The van der Waals surface area contributed by atoms with Crippen molar-refractivity contribution < 1.29 is 9.31 Å². The van der Waals surface area contributed by atoms with Gasteiger partial charge >= 0.3 is 0 Å². The molecule has 0 aliphatic rings. The van der Waals surface area contributed by atoms with Crippen LogP contribution in [0.1, 0.15) is 13.3 Å². The zero-order valence-corrected chi connectivity index (χ0v) is 7.56. The summed E-state index contributed by atoms with van der Waals surface area (Å²) in [5.74, 6) is 0. The predicted molar refractivity (Wildman–Crippen MR) is 44.1 cm³/mol. The topological polar surface area (TPSA) is 12.2 Å². The van der Waals surface area contributed by atoms with Crippen LogP contribution in [-0.4, -0.2) is 37.1 Å². The summed E-state index contributed by atoms with van der Waals surface area (Å²) >= 11 is 5.54. The Labute approximate surface area is 67.5 Å². The van der Waals surface area contributed by atoms with Crippen molar-refractivity contribution >= 4 is 17.8 Å². The third-order valence-corrected chi connectivity index (χ3v) is 1.09. The molecule has 0 aromatic heterocycles. The van der Waals surface area contributed by atoms with Crippen LogP contribution < -0.4 is 0 Å². The lowest BCUT2D eigenvalue weighted by molar-refractivity contribution is -0.460. The van der Waals surface area contributed by atoms with Gasteiger partial charge in [0.05, 0.1) is 6.61 Å². The first-order chi connectivity index (χ1) is 4.63. The van der Waals surface area contributed by atoms with Gasteiger partial charge in [-0.25, -0.2) is 4.58 Å². The molecule has 1 unspecified atom stereocenters. The minimum Gasteiger partial charge on any atom is -0.362 e. The molecule has 0 spiro atoms. The van der Waals surface area contributed by atoms with Gasteiger partial charge in [-0.05, 0) is 6.92 Å². The van der Waals surface area contributed by atoms with Gasteiger partial charge in [-0.3, -0.25) is 0 Å². The first-order valence-electron chi connectivity index (χ1n) is 3.38. The molecule has 1 atom stereocenters. The van der Waals surface area contributed by atoms with E-state index >= 15 is 0 Å². The van der Waals surface area contributed by atoms with E-state index < -0.39 is 0 Å². The largest absolute Gasteiger partial charge is 0.362 e. The zero-order valence-electron chi connectivity index (χ0n) is 6.80. The van der Waals surface area contributed by atoms with Crippen molar-refractivity contribution in [3.8, 4) is 0 Å². The highest BCUT2D eigenvalue weighted by molar-refractivity contribution is 6.19. The van der Waals surface area contributed by atoms with E-state index in [1.165, 1.54) is 0 Å². The maximum Gasteiger partial charge on any atom is 0.141 e. The molecular weight excluding hydrogens is 150 g/mol. The van der Waals surface area contributed by atoms with Crippen LogP contribution in [0.25, 0.3) is 0 Å². The van der Waals surface area contributed by atoms with Crippen LogP contribution in [0.2, 0.25) is 0 Å². The van der Waals surface area contributed by atoms with Gasteiger partial charge in [-0.2, -0.15) is 0 Å². The van der Waals surface area contributed by atoms with E-state index in [4.69, 9.17) is 16.3 Å². The molecule has 0 fully saturated rings. The van der Waals surface area contributed by atoms with Crippen molar-refractivity contribution in [2.45, 2.75) is 18.9 Å². The molecule has 0 aliphatic heterocycles. The van der Waals surface area contributed by atoms with Gasteiger partial charge in [0, 0.05) is 6.42 Å². The van der Waals surface area contributed by atoms with Crippen LogP contribution in [0, 0.1) is 0 Å². The molecule has 0 aromatic rings. The van der Waals surface area contributed by atoms with Crippen molar-refractivity contribution in [3.05, 3.63) is 0 Å². The molecule has 0 radical (unpaired) electrons. The fourth-order valence-electron chi connectivity index (χ4n) is 0.541. The number of ether oxygens (including phenoxy) is 1. The van der Waals surface area contributed by atoms with Gasteiger partial charge in [0.15, 0.2) is 0 Å². The van der Waals surface area contributed by atoms with Gasteiger partial charge in [0.25, 0.3) is 0 Å². The highest BCUT2D eigenvalue weighted by Gasteiger charge is 1.93. The second-order valence-electron chi connectivity index (χ2n) is 2.35. The molecule has 10 heavy (non-hydrogen) atoms. The Morgan fingerprint density at radius 3 is 2.60 bits per heavy atom. The SMILES string of the molecule is CC(Cl)OCCC=[N+](C)C. The van der Waals surface area contributed by atoms with Crippen LogP contribution in [0.15, 0.2) is 0 Å². The first-order valence-corrected chi connectivity index (χ1v) is 3.82. The van der Waals surface area contributed by atoms with Gasteiger partial charge in [0.2, 0.25) is 0 Å². The lowest BCUT2D eigenvalue weighted by Gasteiger charge is -2.00. The lowest BCUT2D eigenvalue weighted by atomic mass is 10.5. The molecule has 0 saturated heterocycles. The normalized spacial score (nSPS) is 12.8. The van der Waals surface area contributed by atoms with Crippen LogP contribution >= 0.6 is 11.6 Å². The maximum atomic E-state index is 5.54. The molecule has 0 rings (SSSR count). The summed E-state index contributed by atoms with van der Waals surface area (Å²) < 4.78 is 7.10. The average molecular weight is 165 g/mol. The van der Waals surface area contributed by atoms with E-state index in [0.29, 0.717) is 6.61 Å². The molecule has 0 heterocycles. The highest BCUT2D eigenvalue weighted by atomic mass is 35.5. The molecular formula is C7H15ClNO+. The number of halogens is 1. The Kier molecular flexibility index (Phi) is 5.64. The summed E-state index contributed by atoms with van der Waals surface area (Å²) in [5.41, 5.74) is -0.171. The van der Waals surface area contributed by atoms with Crippen LogP contribution in [-0.2, 0) is 4.74 Å². The first kappa shape index (κ1) is 9.92.